The van der Waals surface area contributed by atoms with Crippen LogP contribution in [0.5, 0.6) is 0 Å². The number of rotatable bonds is 3. The van der Waals surface area contributed by atoms with E-state index >= 15 is 0 Å². The number of piperidine rings is 1. The smallest absolute Gasteiger partial charge is 0.218 e. The fraction of sp³-hybridized carbons (Fsp3) is 1.00. The van der Waals surface area contributed by atoms with Gasteiger partial charge in [-0.3, -0.25) is 0 Å². The Morgan fingerprint density at radius 2 is 2.11 bits per heavy atom. The van der Waals surface area contributed by atoms with E-state index in [2.05, 4.69) is 24.2 Å². The first-order valence-electron chi connectivity index (χ1n) is 6.95. The van der Waals surface area contributed by atoms with Gasteiger partial charge in [-0.05, 0) is 32.9 Å². The van der Waals surface area contributed by atoms with Gasteiger partial charge in [0.1, 0.15) is 0 Å². The number of sulfonamides is 1. The van der Waals surface area contributed by atoms with Gasteiger partial charge in [-0.2, -0.15) is 4.31 Å². The largest absolute Gasteiger partial charge is 0.315 e. The van der Waals surface area contributed by atoms with Gasteiger partial charge in [0.25, 0.3) is 0 Å². The predicted octanol–water partition coefficient (Wildman–Crippen LogP) is 0.0942. The molecule has 0 aliphatic carbocycles. The Labute approximate surface area is 111 Å². The fourth-order valence-corrected chi connectivity index (χ4v) is 4.81. The third-order valence-electron chi connectivity index (χ3n) is 4.24. The molecule has 2 aliphatic heterocycles. The summed E-state index contributed by atoms with van der Waals surface area (Å²) in [5.74, 6) is 0. The molecule has 2 rings (SSSR count). The second kappa shape index (κ2) is 5.86. The molecule has 106 valence electrons. The molecule has 2 heterocycles. The molecule has 2 atom stereocenters. The van der Waals surface area contributed by atoms with E-state index in [-0.39, 0.29) is 5.25 Å². The predicted molar refractivity (Wildman–Crippen MR) is 73.1 cm³/mol. The molecule has 0 aromatic carbocycles. The second-order valence-electron chi connectivity index (χ2n) is 5.41. The van der Waals surface area contributed by atoms with Crippen LogP contribution in [-0.4, -0.2) is 68.7 Å². The van der Waals surface area contributed by atoms with E-state index in [1.54, 1.807) is 4.31 Å². The highest BCUT2D eigenvalue weighted by Crippen LogP contribution is 2.20. The summed E-state index contributed by atoms with van der Waals surface area (Å²) >= 11 is 0. The second-order valence-corrected chi connectivity index (χ2v) is 7.63. The van der Waals surface area contributed by atoms with E-state index in [4.69, 9.17) is 0 Å². The lowest BCUT2D eigenvalue weighted by atomic mass is 10.1. The molecular formula is C12H25N3O2S. The molecular weight excluding hydrogens is 250 g/mol. The number of nitrogens with one attached hydrogen (secondary N) is 1. The number of nitrogens with zero attached hydrogens (tertiary/aromatic N) is 2. The van der Waals surface area contributed by atoms with Gasteiger partial charge in [-0.15, -0.1) is 0 Å². The molecule has 1 N–H and O–H groups in total. The lowest BCUT2D eigenvalue weighted by Crippen LogP contribution is -2.56. The molecule has 0 saturated carbocycles. The van der Waals surface area contributed by atoms with Gasteiger partial charge in [-0.25, -0.2) is 8.42 Å². The summed E-state index contributed by atoms with van der Waals surface area (Å²) in [4.78, 5) is 2.27. The summed E-state index contributed by atoms with van der Waals surface area (Å²) in [6, 6.07) is 0.366. The van der Waals surface area contributed by atoms with Gasteiger partial charge in [0, 0.05) is 32.2 Å². The van der Waals surface area contributed by atoms with Crippen LogP contribution in [0.15, 0.2) is 0 Å². The fourth-order valence-electron chi connectivity index (χ4n) is 2.87. The molecule has 2 fully saturated rings. The normalized spacial score (nSPS) is 32.6. The Kier molecular flexibility index (Phi) is 4.64. The van der Waals surface area contributed by atoms with Crippen molar-refractivity contribution in [3.05, 3.63) is 0 Å². The minimum atomic E-state index is -3.11. The molecule has 5 nitrogen and oxygen atoms in total. The highest BCUT2D eigenvalue weighted by molar-refractivity contribution is 7.89. The topological polar surface area (TPSA) is 52.7 Å². The van der Waals surface area contributed by atoms with E-state index in [0.717, 1.165) is 32.4 Å². The average Bonchev–Trinajstić information content (AvgIpc) is 2.40. The highest BCUT2D eigenvalue weighted by atomic mass is 32.2. The maximum atomic E-state index is 12.6. The van der Waals surface area contributed by atoms with Gasteiger partial charge in [0.2, 0.25) is 10.0 Å². The van der Waals surface area contributed by atoms with Crippen molar-refractivity contribution in [2.75, 3.05) is 39.8 Å². The van der Waals surface area contributed by atoms with E-state index < -0.39 is 10.0 Å². The molecule has 0 spiro atoms. The monoisotopic (exact) mass is 275 g/mol. The standard InChI is InChI=1S/C12H25N3O2S/c1-3-11-10-15(8-7-14(11)2)18(16,17)12-5-4-6-13-9-12/h11-13H,3-10H2,1-2H3. The van der Waals surface area contributed by atoms with Crippen LogP contribution in [0.1, 0.15) is 26.2 Å². The van der Waals surface area contributed by atoms with E-state index in [1.807, 2.05) is 0 Å². The maximum Gasteiger partial charge on any atom is 0.218 e. The zero-order chi connectivity index (χ0) is 13.2. The van der Waals surface area contributed by atoms with E-state index in [9.17, 15) is 8.42 Å². The molecule has 2 saturated heterocycles. The summed E-state index contributed by atoms with van der Waals surface area (Å²) in [6.07, 6.45) is 2.78. The van der Waals surface area contributed by atoms with Crippen molar-refractivity contribution in [3.8, 4) is 0 Å². The van der Waals surface area contributed by atoms with Crippen LogP contribution < -0.4 is 5.32 Å². The minimum Gasteiger partial charge on any atom is -0.315 e. The molecule has 0 aromatic heterocycles. The zero-order valence-corrected chi connectivity index (χ0v) is 12.2. The van der Waals surface area contributed by atoms with Crippen LogP contribution in [0.2, 0.25) is 0 Å². The van der Waals surface area contributed by atoms with Gasteiger partial charge in [0.05, 0.1) is 5.25 Å². The molecule has 2 aliphatic rings. The molecule has 6 heteroatoms. The molecule has 0 bridgehead atoms. The Balaban J connectivity index is 2.05. The minimum absolute atomic E-state index is 0.216. The molecule has 0 radical (unpaired) electrons. The van der Waals surface area contributed by atoms with E-state index in [0.29, 0.717) is 25.7 Å². The van der Waals surface area contributed by atoms with Crippen molar-refractivity contribution in [1.29, 1.82) is 0 Å². The number of hydrogen-bond donors (Lipinski definition) is 1. The molecule has 0 aromatic rings. The van der Waals surface area contributed by atoms with Gasteiger partial charge in [0.15, 0.2) is 0 Å². The lowest BCUT2D eigenvalue weighted by Gasteiger charge is -2.40. The summed E-state index contributed by atoms with van der Waals surface area (Å²) in [6.45, 7) is 5.84. The Hall–Kier alpha value is -0.170. The lowest BCUT2D eigenvalue weighted by molar-refractivity contribution is 0.143. The zero-order valence-electron chi connectivity index (χ0n) is 11.4. The summed E-state index contributed by atoms with van der Waals surface area (Å²) in [5.41, 5.74) is 0. The quantitative estimate of drug-likeness (QED) is 0.793. The van der Waals surface area contributed by atoms with Crippen molar-refractivity contribution in [2.24, 2.45) is 0 Å². The van der Waals surface area contributed by atoms with Crippen LogP contribution in [0.25, 0.3) is 0 Å². The van der Waals surface area contributed by atoms with Gasteiger partial charge in [-0.1, -0.05) is 6.92 Å². The van der Waals surface area contributed by atoms with E-state index in [1.165, 1.54) is 0 Å². The number of piperazine rings is 1. The summed E-state index contributed by atoms with van der Waals surface area (Å²) in [7, 11) is -1.02. The molecule has 0 amide bonds. The molecule has 18 heavy (non-hydrogen) atoms. The SMILES string of the molecule is CCC1CN(S(=O)(=O)C2CCCNC2)CCN1C. The first-order chi connectivity index (χ1) is 8.55. The van der Waals surface area contributed by atoms with Gasteiger partial charge >= 0.3 is 0 Å². The summed E-state index contributed by atoms with van der Waals surface area (Å²) in [5, 5.41) is 2.98. The van der Waals surface area contributed by atoms with Crippen LogP contribution >= 0.6 is 0 Å². The van der Waals surface area contributed by atoms with Crippen molar-refractivity contribution in [3.63, 3.8) is 0 Å². The highest BCUT2D eigenvalue weighted by Gasteiger charge is 2.36. The Morgan fingerprint density at radius 3 is 2.72 bits per heavy atom. The summed E-state index contributed by atoms with van der Waals surface area (Å²) < 4.78 is 26.9. The first-order valence-corrected chi connectivity index (χ1v) is 8.46. The third-order valence-corrected chi connectivity index (χ3v) is 6.54. The van der Waals surface area contributed by atoms with Crippen LogP contribution in [-0.2, 0) is 10.0 Å². The third kappa shape index (κ3) is 2.87. The van der Waals surface area contributed by atoms with Crippen molar-refractivity contribution in [1.82, 2.24) is 14.5 Å². The molecule has 2 unspecified atom stereocenters. The van der Waals surface area contributed by atoms with Crippen LogP contribution in [0.3, 0.4) is 0 Å². The Morgan fingerprint density at radius 1 is 1.33 bits per heavy atom. The van der Waals surface area contributed by atoms with Crippen molar-refractivity contribution in [2.45, 2.75) is 37.5 Å². The van der Waals surface area contributed by atoms with Gasteiger partial charge < -0.3 is 10.2 Å². The first kappa shape index (κ1) is 14.2. The van der Waals surface area contributed by atoms with Crippen LogP contribution in [0, 0.1) is 0 Å². The number of likely N-dealkylation sites (N-methyl/N-ethyl adjacent to an activating group) is 1. The van der Waals surface area contributed by atoms with Crippen molar-refractivity contribution >= 4 is 10.0 Å². The Bertz CT molecular complexity index is 366. The number of hydrogen-bond acceptors (Lipinski definition) is 4. The van der Waals surface area contributed by atoms with Crippen LogP contribution in [0.4, 0.5) is 0 Å². The average molecular weight is 275 g/mol. The van der Waals surface area contributed by atoms with Crippen molar-refractivity contribution < 1.29 is 8.42 Å². The maximum absolute atomic E-state index is 12.6.